The lowest BCUT2D eigenvalue weighted by molar-refractivity contribution is 0.00819. The van der Waals surface area contributed by atoms with Gasteiger partial charge < -0.3 is 10.6 Å². The Hall–Kier alpha value is -0.290. The highest BCUT2D eigenvalue weighted by atomic mass is 19.4. The van der Waals surface area contributed by atoms with Crippen molar-refractivity contribution in [2.45, 2.75) is 6.68 Å². The zero-order chi connectivity index (χ0) is 7.82. The molecule has 1 aliphatic rings. The van der Waals surface area contributed by atoms with E-state index in [1.165, 1.54) is 0 Å². The highest BCUT2D eigenvalue weighted by molar-refractivity contribution is 4.59. The van der Waals surface area contributed by atoms with Gasteiger partial charge in [0.05, 0.1) is 0 Å². The minimum atomic E-state index is -3.67. The summed E-state index contributed by atoms with van der Waals surface area (Å²) in [5.74, 6) is 0. The minimum Gasteiger partial charge on any atom is -0.314 e. The Morgan fingerprint density at radius 1 is 0.800 bits per heavy atom. The van der Waals surface area contributed by atoms with Crippen molar-refractivity contribution in [3.05, 3.63) is 0 Å². The maximum absolute atomic E-state index is 9.67. The van der Waals surface area contributed by atoms with Crippen molar-refractivity contribution in [3.8, 4) is 0 Å². The highest BCUT2D eigenvalue weighted by Gasteiger charge is 1.91. The molecule has 0 bridgehead atoms. The first-order valence-electron chi connectivity index (χ1n) is 3.07. The third-order valence-corrected chi connectivity index (χ3v) is 0.957. The molecular formula is C5H11F3N2. The summed E-state index contributed by atoms with van der Waals surface area (Å²) in [5, 5.41) is 6.44. The van der Waals surface area contributed by atoms with Crippen LogP contribution in [0.15, 0.2) is 0 Å². The number of hydrogen-bond acceptors (Lipinski definition) is 2. The van der Waals surface area contributed by atoms with Crippen molar-refractivity contribution in [2.24, 2.45) is 0 Å². The van der Waals surface area contributed by atoms with Gasteiger partial charge in [0.15, 0.2) is 0 Å². The number of nitrogens with one attached hydrogen (secondary N) is 2. The number of halogens is 3. The smallest absolute Gasteiger partial charge is 0.314 e. The number of rotatable bonds is 0. The minimum absolute atomic E-state index is 1.14. The molecule has 10 heavy (non-hydrogen) atoms. The summed E-state index contributed by atoms with van der Waals surface area (Å²) in [6.45, 7) is 0.889. The largest absolute Gasteiger partial charge is 0.379 e. The van der Waals surface area contributed by atoms with E-state index in [1.807, 2.05) is 0 Å². The maximum atomic E-state index is 9.67. The van der Waals surface area contributed by atoms with Crippen molar-refractivity contribution >= 4 is 0 Å². The van der Waals surface area contributed by atoms with E-state index in [0.29, 0.717) is 0 Å². The summed E-state index contributed by atoms with van der Waals surface area (Å²) in [4.78, 5) is 0. The molecule has 0 spiro atoms. The molecule has 0 saturated carbocycles. The van der Waals surface area contributed by atoms with Crippen LogP contribution in [0.2, 0.25) is 0 Å². The van der Waals surface area contributed by atoms with Gasteiger partial charge in [-0.1, -0.05) is 0 Å². The van der Waals surface area contributed by atoms with Crippen molar-refractivity contribution in [1.29, 1.82) is 0 Å². The van der Waals surface area contributed by atoms with Crippen molar-refractivity contribution in [3.63, 3.8) is 0 Å². The predicted molar refractivity (Wildman–Crippen MR) is 32.9 cm³/mol. The molecule has 0 atom stereocenters. The van der Waals surface area contributed by atoms with Crippen molar-refractivity contribution in [1.82, 2.24) is 10.6 Å². The van der Waals surface area contributed by atoms with Gasteiger partial charge in [-0.15, -0.1) is 0 Å². The average Bonchev–Trinajstić information content (AvgIpc) is 1.90. The Bertz CT molecular complexity index is 51.6. The predicted octanol–water partition coefficient (Wildman–Crippen LogP) is 0.358. The molecule has 0 aromatic carbocycles. The van der Waals surface area contributed by atoms with E-state index in [-0.39, 0.29) is 0 Å². The van der Waals surface area contributed by atoms with Crippen LogP contribution in [-0.4, -0.2) is 32.9 Å². The SMILES string of the molecule is C1CNCCN1.FC(F)F. The van der Waals surface area contributed by atoms with Crippen molar-refractivity contribution in [2.75, 3.05) is 26.2 Å². The Balaban J connectivity index is 0.000000180. The summed E-state index contributed by atoms with van der Waals surface area (Å²) in [7, 11) is 0. The molecule has 0 unspecified atom stereocenters. The van der Waals surface area contributed by atoms with E-state index >= 15 is 0 Å². The van der Waals surface area contributed by atoms with Crippen LogP contribution in [0.25, 0.3) is 0 Å². The topological polar surface area (TPSA) is 24.1 Å². The Kier molecular flexibility index (Phi) is 6.63. The van der Waals surface area contributed by atoms with Crippen LogP contribution in [0.3, 0.4) is 0 Å². The fourth-order valence-electron chi connectivity index (χ4n) is 0.604. The second kappa shape index (κ2) is 6.82. The Labute approximate surface area is 57.8 Å². The lowest BCUT2D eigenvalue weighted by atomic mass is 10.4. The first-order valence-corrected chi connectivity index (χ1v) is 3.07. The maximum Gasteiger partial charge on any atom is 0.379 e. The van der Waals surface area contributed by atoms with Gasteiger partial charge in [0.2, 0.25) is 0 Å². The normalized spacial score (nSPS) is 18.0. The molecule has 62 valence electrons. The third-order valence-electron chi connectivity index (χ3n) is 0.957. The van der Waals surface area contributed by atoms with E-state index in [1.54, 1.807) is 0 Å². The second-order valence-electron chi connectivity index (χ2n) is 1.75. The molecule has 1 fully saturated rings. The van der Waals surface area contributed by atoms with Gasteiger partial charge in [0, 0.05) is 26.2 Å². The number of piperazine rings is 1. The zero-order valence-electron chi connectivity index (χ0n) is 5.54. The Morgan fingerprint density at radius 2 is 1.00 bits per heavy atom. The quantitative estimate of drug-likeness (QED) is 0.529. The third kappa shape index (κ3) is 10.6. The van der Waals surface area contributed by atoms with E-state index in [9.17, 15) is 13.2 Å². The van der Waals surface area contributed by atoms with E-state index < -0.39 is 6.68 Å². The van der Waals surface area contributed by atoms with Gasteiger partial charge in [-0.25, -0.2) is 0 Å². The molecular weight excluding hydrogens is 145 g/mol. The molecule has 0 aromatic heterocycles. The molecule has 2 nitrogen and oxygen atoms in total. The molecule has 0 aliphatic carbocycles. The number of alkyl halides is 3. The lowest BCUT2D eigenvalue weighted by Crippen LogP contribution is -2.39. The summed E-state index contributed by atoms with van der Waals surface area (Å²) < 4.78 is 29.0. The van der Waals surface area contributed by atoms with E-state index in [2.05, 4.69) is 10.6 Å². The van der Waals surface area contributed by atoms with E-state index in [0.717, 1.165) is 26.2 Å². The van der Waals surface area contributed by atoms with Gasteiger partial charge in [0.25, 0.3) is 0 Å². The summed E-state index contributed by atoms with van der Waals surface area (Å²) in [6.07, 6.45) is 0. The molecule has 5 heteroatoms. The van der Waals surface area contributed by atoms with Crippen molar-refractivity contribution < 1.29 is 13.2 Å². The number of hydrogen-bond donors (Lipinski definition) is 2. The van der Waals surface area contributed by atoms with Crippen LogP contribution in [-0.2, 0) is 0 Å². The van der Waals surface area contributed by atoms with Crippen LogP contribution in [0.5, 0.6) is 0 Å². The fraction of sp³-hybridized carbons (Fsp3) is 1.00. The molecule has 1 aliphatic heterocycles. The molecule has 1 heterocycles. The highest BCUT2D eigenvalue weighted by Crippen LogP contribution is 1.87. The van der Waals surface area contributed by atoms with Gasteiger partial charge in [-0.05, 0) is 0 Å². The second-order valence-corrected chi connectivity index (χ2v) is 1.75. The van der Waals surface area contributed by atoms with Gasteiger partial charge in [-0.3, -0.25) is 0 Å². The fourth-order valence-corrected chi connectivity index (χ4v) is 0.604. The Morgan fingerprint density at radius 3 is 1.10 bits per heavy atom. The van der Waals surface area contributed by atoms with Crippen LogP contribution < -0.4 is 10.6 Å². The zero-order valence-corrected chi connectivity index (χ0v) is 5.54. The van der Waals surface area contributed by atoms with Gasteiger partial charge in [0.1, 0.15) is 0 Å². The summed E-state index contributed by atoms with van der Waals surface area (Å²) in [5.41, 5.74) is 0. The summed E-state index contributed by atoms with van der Waals surface area (Å²) in [6, 6.07) is 0. The lowest BCUT2D eigenvalue weighted by Gasteiger charge is -2.11. The average molecular weight is 156 g/mol. The van der Waals surface area contributed by atoms with Gasteiger partial charge in [-0.2, -0.15) is 13.2 Å². The van der Waals surface area contributed by atoms with Crippen LogP contribution >= 0.6 is 0 Å². The summed E-state index contributed by atoms with van der Waals surface area (Å²) >= 11 is 0. The van der Waals surface area contributed by atoms with Crippen LogP contribution in [0.4, 0.5) is 13.2 Å². The molecule has 1 rings (SSSR count). The van der Waals surface area contributed by atoms with Crippen LogP contribution in [0, 0.1) is 0 Å². The first kappa shape index (κ1) is 9.71. The monoisotopic (exact) mass is 156 g/mol. The molecule has 1 saturated heterocycles. The van der Waals surface area contributed by atoms with E-state index in [4.69, 9.17) is 0 Å². The van der Waals surface area contributed by atoms with Crippen LogP contribution in [0.1, 0.15) is 0 Å². The molecule has 2 N–H and O–H groups in total. The molecule has 0 radical (unpaired) electrons. The first-order chi connectivity index (χ1) is 4.73. The van der Waals surface area contributed by atoms with Gasteiger partial charge >= 0.3 is 6.68 Å². The molecule has 0 amide bonds. The standard InChI is InChI=1S/C4H10N2.CHF3/c1-2-6-4-3-5-1;2-1(3)4/h5-6H,1-4H2;1H. The molecule has 0 aromatic rings.